The van der Waals surface area contributed by atoms with E-state index in [1.165, 1.54) is 16.6 Å². The number of hydrogen-bond donors (Lipinski definition) is 1. The van der Waals surface area contributed by atoms with Crippen LogP contribution in [0, 0.1) is 0 Å². The zero-order valence-electron chi connectivity index (χ0n) is 10.2. The van der Waals surface area contributed by atoms with E-state index in [1.54, 1.807) is 7.11 Å². The predicted molar refractivity (Wildman–Crippen MR) is 67.5 cm³/mol. The Labute approximate surface area is 101 Å². The molecule has 1 aliphatic rings. The van der Waals surface area contributed by atoms with Crippen molar-refractivity contribution in [3.05, 3.63) is 29.5 Å². The van der Waals surface area contributed by atoms with Gasteiger partial charge >= 0.3 is 0 Å². The fourth-order valence-electron chi connectivity index (χ4n) is 2.71. The van der Waals surface area contributed by atoms with Gasteiger partial charge in [-0.25, -0.2) is 0 Å². The summed E-state index contributed by atoms with van der Waals surface area (Å²) in [7, 11) is 1.73. The van der Waals surface area contributed by atoms with Crippen LogP contribution in [-0.4, -0.2) is 18.7 Å². The molecule has 3 rings (SSSR count). The lowest BCUT2D eigenvalue weighted by molar-refractivity contribution is 0.0377. The molecule has 3 heteroatoms. The van der Waals surface area contributed by atoms with Crippen molar-refractivity contribution < 1.29 is 9.47 Å². The smallest absolute Gasteiger partial charge is 0.128 e. The fourth-order valence-corrected chi connectivity index (χ4v) is 2.71. The highest BCUT2D eigenvalue weighted by molar-refractivity contribution is 5.90. The van der Waals surface area contributed by atoms with Gasteiger partial charge in [-0.3, -0.25) is 0 Å². The molecule has 0 fully saturated rings. The van der Waals surface area contributed by atoms with E-state index < -0.39 is 0 Å². The van der Waals surface area contributed by atoms with E-state index in [4.69, 9.17) is 9.47 Å². The van der Waals surface area contributed by atoms with Crippen LogP contribution in [0.5, 0.6) is 5.75 Å². The maximum atomic E-state index is 5.78. The molecule has 0 spiro atoms. The van der Waals surface area contributed by atoms with Crippen molar-refractivity contribution in [2.75, 3.05) is 13.7 Å². The number of aromatic amines is 1. The number of nitrogens with one attached hydrogen (secondary N) is 1. The third-order valence-electron chi connectivity index (χ3n) is 3.51. The molecule has 0 saturated heterocycles. The molecule has 0 aliphatic carbocycles. The van der Waals surface area contributed by atoms with Gasteiger partial charge in [0, 0.05) is 16.6 Å². The van der Waals surface area contributed by atoms with E-state index >= 15 is 0 Å². The highest BCUT2D eigenvalue weighted by Gasteiger charge is 2.24. The maximum Gasteiger partial charge on any atom is 0.128 e. The first-order valence-electron chi connectivity index (χ1n) is 6.14. The van der Waals surface area contributed by atoms with E-state index in [9.17, 15) is 0 Å². The van der Waals surface area contributed by atoms with Crippen LogP contribution in [0.15, 0.2) is 18.2 Å². The third kappa shape index (κ3) is 1.53. The van der Waals surface area contributed by atoms with Gasteiger partial charge < -0.3 is 14.5 Å². The molecule has 1 aromatic carbocycles. The molecule has 1 N–H and O–H groups in total. The van der Waals surface area contributed by atoms with Gasteiger partial charge in [-0.1, -0.05) is 13.0 Å². The zero-order chi connectivity index (χ0) is 11.8. The van der Waals surface area contributed by atoms with Crippen molar-refractivity contribution in [2.45, 2.75) is 25.9 Å². The second-order valence-electron chi connectivity index (χ2n) is 4.42. The molecule has 0 radical (unpaired) electrons. The van der Waals surface area contributed by atoms with Gasteiger partial charge in [0.05, 0.1) is 19.8 Å². The molecule has 2 aromatic rings. The minimum Gasteiger partial charge on any atom is -0.496 e. The SMILES string of the molecule is CCC1OCCc2c1[nH]c1cccc(OC)c21. The number of hydrogen-bond acceptors (Lipinski definition) is 2. The van der Waals surface area contributed by atoms with Crippen LogP contribution in [-0.2, 0) is 11.2 Å². The second-order valence-corrected chi connectivity index (χ2v) is 4.42. The first-order valence-corrected chi connectivity index (χ1v) is 6.14. The Balaban J connectivity index is 2.27. The molecule has 1 atom stereocenters. The van der Waals surface area contributed by atoms with Crippen LogP contribution in [0.1, 0.15) is 30.7 Å². The molecule has 0 amide bonds. The van der Waals surface area contributed by atoms with Crippen LogP contribution in [0.4, 0.5) is 0 Å². The van der Waals surface area contributed by atoms with E-state index in [0.29, 0.717) is 0 Å². The van der Waals surface area contributed by atoms with Gasteiger partial charge in [0.25, 0.3) is 0 Å². The molecule has 2 heterocycles. The molecule has 17 heavy (non-hydrogen) atoms. The van der Waals surface area contributed by atoms with Crippen LogP contribution >= 0.6 is 0 Å². The summed E-state index contributed by atoms with van der Waals surface area (Å²) >= 11 is 0. The van der Waals surface area contributed by atoms with E-state index in [0.717, 1.165) is 30.7 Å². The molecular formula is C14H17NO2. The van der Waals surface area contributed by atoms with Crippen molar-refractivity contribution in [3.63, 3.8) is 0 Å². The molecule has 3 nitrogen and oxygen atoms in total. The van der Waals surface area contributed by atoms with Gasteiger partial charge in [0.2, 0.25) is 0 Å². The Morgan fingerprint density at radius 3 is 3.12 bits per heavy atom. The molecule has 1 unspecified atom stereocenters. The lowest BCUT2D eigenvalue weighted by Gasteiger charge is -2.22. The Morgan fingerprint density at radius 1 is 1.47 bits per heavy atom. The van der Waals surface area contributed by atoms with Gasteiger partial charge in [-0.05, 0) is 30.5 Å². The highest BCUT2D eigenvalue weighted by Crippen LogP contribution is 2.38. The Morgan fingerprint density at radius 2 is 2.35 bits per heavy atom. The van der Waals surface area contributed by atoms with Crippen molar-refractivity contribution in [1.82, 2.24) is 4.98 Å². The predicted octanol–water partition coefficient (Wildman–Crippen LogP) is 3.20. The monoisotopic (exact) mass is 231 g/mol. The summed E-state index contributed by atoms with van der Waals surface area (Å²) in [5.74, 6) is 0.955. The summed E-state index contributed by atoms with van der Waals surface area (Å²) < 4.78 is 11.2. The molecule has 1 aromatic heterocycles. The quantitative estimate of drug-likeness (QED) is 0.861. The minimum absolute atomic E-state index is 0.204. The highest BCUT2D eigenvalue weighted by atomic mass is 16.5. The lowest BCUT2D eigenvalue weighted by Crippen LogP contribution is -2.15. The van der Waals surface area contributed by atoms with E-state index in [2.05, 4.69) is 18.0 Å². The average Bonchev–Trinajstić information content (AvgIpc) is 2.76. The number of rotatable bonds is 2. The van der Waals surface area contributed by atoms with Gasteiger partial charge in [0.15, 0.2) is 0 Å². The lowest BCUT2D eigenvalue weighted by atomic mass is 10.0. The standard InChI is InChI=1S/C14H17NO2/c1-3-11-14-9(7-8-17-11)13-10(15-14)5-4-6-12(13)16-2/h4-6,11,15H,3,7-8H2,1-2H3. The van der Waals surface area contributed by atoms with Crippen LogP contribution in [0.3, 0.4) is 0 Å². The summed E-state index contributed by atoms with van der Waals surface area (Å²) in [6.07, 6.45) is 2.17. The summed E-state index contributed by atoms with van der Waals surface area (Å²) in [6, 6.07) is 6.14. The zero-order valence-corrected chi connectivity index (χ0v) is 10.2. The van der Waals surface area contributed by atoms with Crippen LogP contribution in [0.25, 0.3) is 10.9 Å². The topological polar surface area (TPSA) is 34.2 Å². The number of methoxy groups -OCH3 is 1. The molecule has 90 valence electrons. The summed E-state index contributed by atoms with van der Waals surface area (Å²) in [4.78, 5) is 3.49. The Bertz CT molecular complexity index is 544. The van der Waals surface area contributed by atoms with Crippen LogP contribution < -0.4 is 4.74 Å². The fraction of sp³-hybridized carbons (Fsp3) is 0.429. The van der Waals surface area contributed by atoms with Crippen molar-refractivity contribution in [3.8, 4) is 5.75 Å². The van der Waals surface area contributed by atoms with Crippen LogP contribution in [0.2, 0.25) is 0 Å². The number of benzene rings is 1. The third-order valence-corrected chi connectivity index (χ3v) is 3.51. The molecular weight excluding hydrogens is 214 g/mol. The minimum atomic E-state index is 0.204. The van der Waals surface area contributed by atoms with E-state index in [1.807, 2.05) is 12.1 Å². The second kappa shape index (κ2) is 4.08. The number of fused-ring (bicyclic) bond motifs is 3. The molecule has 0 saturated carbocycles. The molecule has 0 bridgehead atoms. The first kappa shape index (κ1) is 10.7. The van der Waals surface area contributed by atoms with Crippen molar-refractivity contribution in [2.24, 2.45) is 0 Å². The largest absolute Gasteiger partial charge is 0.496 e. The van der Waals surface area contributed by atoms with E-state index in [-0.39, 0.29) is 6.10 Å². The first-order chi connectivity index (χ1) is 8.35. The maximum absolute atomic E-state index is 5.78. The van der Waals surface area contributed by atoms with Gasteiger partial charge in [-0.2, -0.15) is 0 Å². The number of ether oxygens (including phenoxy) is 2. The van der Waals surface area contributed by atoms with Crippen molar-refractivity contribution >= 4 is 10.9 Å². The molecule has 1 aliphatic heterocycles. The summed E-state index contributed by atoms with van der Waals surface area (Å²) in [6.45, 7) is 2.96. The Hall–Kier alpha value is -1.48. The summed E-state index contributed by atoms with van der Waals surface area (Å²) in [5, 5.41) is 1.23. The summed E-state index contributed by atoms with van der Waals surface area (Å²) in [5.41, 5.74) is 3.76. The average molecular weight is 231 g/mol. The van der Waals surface area contributed by atoms with Gasteiger partial charge in [-0.15, -0.1) is 0 Å². The number of aromatic nitrogens is 1. The number of H-pyrrole nitrogens is 1. The Kier molecular flexibility index (Phi) is 2.56. The van der Waals surface area contributed by atoms with Crippen molar-refractivity contribution in [1.29, 1.82) is 0 Å². The normalized spacial score (nSPS) is 19.3. The van der Waals surface area contributed by atoms with Gasteiger partial charge in [0.1, 0.15) is 5.75 Å².